The summed E-state index contributed by atoms with van der Waals surface area (Å²) in [6.45, 7) is 5.12. The number of hydrogen-bond donors (Lipinski definition) is 2. The summed E-state index contributed by atoms with van der Waals surface area (Å²) in [6, 6.07) is -0.306. The molecule has 2 amide bonds. The largest absolute Gasteiger partial charge is 0.480 e. The Morgan fingerprint density at radius 1 is 1.19 bits per heavy atom. The number of aliphatic carboxylic acids is 1. The number of carbonyl (C=O) groups is 2. The minimum Gasteiger partial charge on any atom is -0.480 e. The Labute approximate surface area is 126 Å². The van der Waals surface area contributed by atoms with Crippen LogP contribution in [0.15, 0.2) is 0 Å². The van der Waals surface area contributed by atoms with Crippen molar-refractivity contribution >= 4 is 12.0 Å². The molecule has 1 aliphatic carbocycles. The van der Waals surface area contributed by atoms with Crippen molar-refractivity contribution in [2.75, 3.05) is 26.2 Å². The van der Waals surface area contributed by atoms with E-state index in [0.717, 1.165) is 19.5 Å². The van der Waals surface area contributed by atoms with Gasteiger partial charge in [-0.05, 0) is 19.3 Å². The van der Waals surface area contributed by atoms with Gasteiger partial charge in [0.05, 0.1) is 0 Å². The standard InChI is InChI=1S/C15H27N3O3/c1-2-5-13(14(19)20)16-15(21)18-10-8-17(9-11-18)12-6-3-4-7-12/h12-13H,2-11H2,1H3,(H,16,21)(H,19,20)/t13-/m1/s1. The molecule has 0 aromatic rings. The molecule has 0 radical (unpaired) electrons. The minimum atomic E-state index is -0.949. The van der Waals surface area contributed by atoms with Gasteiger partial charge in [-0.15, -0.1) is 0 Å². The molecular weight excluding hydrogens is 270 g/mol. The second-order valence-corrected chi connectivity index (χ2v) is 6.09. The minimum absolute atomic E-state index is 0.234. The fraction of sp³-hybridized carbons (Fsp3) is 0.867. The predicted molar refractivity (Wildman–Crippen MR) is 80.3 cm³/mol. The number of carbonyl (C=O) groups excluding carboxylic acids is 1. The lowest BCUT2D eigenvalue weighted by atomic mass is 10.1. The molecule has 2 rings (SSSR count). The average Bonchev–Trinajstić information content (AvgIpc) is 3.01. The maximum atomic E-state index is 12.1. The number of amides is 2. The Morgan fingerprint density at radius 3 is 2.33 bits per heavy atom. The number of carboxylic acid groups (broad SMARTS) is 1. The molecule has 0 spiro atoms. The van der Waals surface area contributed by atoms with Crippen LogP contribution in [-0.2, 0) is 4.79 Å². The van der Waals surface area contributed by atoms with Crippen LogP contribution in [0, 0.1) is 0 Å². The van der Waals surface area contributed by atoms with E-state index in [9.17, 15) is 9.59 Å². The molecule has 1 aliphatic heterocycles. The predicted octanol–water partition coefficient (Wildman–Crippen LogP) is 1.51. The van der Waals surface area contributed by atoms with Crippen LogP contribution in [0.4, 0.5) is 4.79 Å². The zero-order valence-electron chi connectivity index (χ0n) is 12.9. The quantitative estimate of drug-likeness (QED) is 0.807. The first-order valence-electron chi connectivity index (χ1n) is 8.14. The summed E-state index contributed by atoms with van der Waals surface area (Å²) in [5, 5.41) is 11.7. The Hall–Kier alpha value is -1.30. The molecular formula is C15H27N3O3. The highest BCUT2D eigenvalue weighted by Gasteiger charge is 2.29. The molecule has 2 fully saturated rings. The van der Waals surface area contributed by atoms with E-state index in [0.29, 0.717) is 25.6 Å². The monoisotopic (exact) mass is 297 g/mol. The van der Waals surface area contributed by atoms with Gasteiger partial charge in [0.25, 0.3) is 0 Å². The second-order valence-electron chi connectivity index (χ2n) is 6.09. The smallest absolute Gasteiger partial charge is 0.326 e. The molecule has 0 bridgehead atoms. The van der Waals surface area contributed by atoms with E-state index in [2.05, 4.69) is 10.2 Å². The second kappa shape index (κ2) is 7.64. The van der Waals surface area contributed by atoms with E-state index in [1.807, 2.05) is 6.92 Å². The topological polar surface area (TPSA) is 72.9 Å². The fourth-order valence-corrected chi connectivity index (χ4v) is 3.35. The molecule has 1 saturated heterocycles. The first kappa shape index (κ1) is 16.1. The van der Waals surface area contributed by atoms with E-state index in [1.54, 1.807) is 4.90 Å². The van der Waals surface area contributed by atoms with Crippen molar-refractivity contribution in [3.63, 3.8) is 0 Å². The molecule has 6 nitrogen and oxygen atoms in total. The van der Waals surface area contributed by atoms with E-state index in [1.165, 1.54) is 25.7 Å². The van der Waals surface area contributed by atoms with Crippen LogP contribution >= 0.6 is 0 Å². The molecule has 2 aliphatic rings. The Balaban J connectivity index is 1.78. The lowest BCUT2D eigenvalue weighted by Crippen LogP contribution is -2.56. The highest BCUT2D eigenvalue weighted by atomic mass is 16.4. The normalized spacial score (nSPS) is 22.2. The summed E-state index contributed by atoms with van der Waals surface area (Å²) in [5.74, 6) is -0.949. The lowest BCUT2D eigenvalue weighted by molar-refractivity contribution is -0.139. The van der Waals surface area contributed by atoms with Crippen LogP contribution in [0.3, 0.4) is 0 Å². The van der Waals surface area contributed by atoms with E-state index >= 15 is 0 Å². The van der Waals surface area contributed by atoms with E-state index < -0.39 is 12.0 Å². The van der Waals surface area contributed by atoms with Gasteiger partial charge in [0.15, 0.2) is 0 Å². The van der Waals surface area contributed by atoms with Gasteiger partial charge in [-0.2, -0.15) is 0 Å². The van der Waals surface area contributed by atoms with Crippen LogP contribution in [0.25, 0.3) is 0 Å². The average molecular weight is 297 g/mol. The summed E-state index contributed by atoms with van der Waals surface area (Å²) < 4.78 is 0. The van der Waals surface area contributed by atoms with Crippen LogP contribution in [0.1, 0.15) is 45.4 Å². The Bertz CT molecular complexity index is 361. The van der Waals surface area contributed by atoms with Crippen molar-refractivity contribution in [2.45, 2.75) is 57.5 Å². The maximum Gasteiger partial charge on any atom is 0.326 e. The first-order chi connectivity index (χ1) is 10.1. The SMILES string of the molecule is CCC[C@@H](NC(=O)N1CCN(C2CCCC2)CC1)C(=O)O. The lowest BCUT2D eigenvalue weighted by Gasteiger charge is -2.38. The van der Waals surface area contributed by atoms with Gasteiger partial charge in [0.2, 0.25) is 0 Å². The molecule has 0 unspecified atom stereocenters. The van der Waals surface area contributed by atoms with Crippen molar-refractivity contribution in [2.24, 2.45) is 0 Å². The van der Waals surface area contributed by atoms with Gasteiger partial charge >= 0.3 is 12.0 Å². The Kier molecular flexibility index (Phi) is 5.85. The molecule has 2 N–H and O–H groups in total. The van der Waals surface area contributed by atoms with Crippen molar-refractivity contribution < 1.29 is 14.7 Å². The Morgan fingerprint density at radius 2 is 1.81 bits per heavy atom. The number of carboxylic acids is 1. The fourth-order valence-electron chi connectivity index (χ4n) is 3.35. The van der Waals surface area contributed by atoms with Crippen LogP contribution in [0.5, 0.6) is 0 Å². The highest BCUT2D eigenvalue weighted by molar-refractivity contribution is 5.82. The summed E-state index contributed by atoms with van der Waals surface area (Å²) in [6.07, 6.45) is 6.43. The van der Waals surface area contributed by atoms with Crippen LogP contribution in [0.2, 0.25) is 0 Å². The molecule has 120 valence electrons. The third-order valence-electron chi connectivity index (χ3n) is 4.62. The van der Waals surface area contributed by atoms with Gasteiger partial charge in [0.1, 0.15) is 6.04 Å². The third kappa shape index (κ3) is 4.33. The zero-order chi connectivity index (χ0) is 15.2. The van der Waals surface area contributed by atoms with Gasteiger partial charge < -0.3 is 15.3 Å². The maximum absolute atomic E-state index is 12.1. The molecule has 0 aromatic heterocycles. The number of rotatable bonds is 5. The van der Waals surface area contributed by atoms with Crippen molar-refractivity contribution in [1.82, 2.24) is 15.1 Å². The van der Waals surface area contributed by atoms with E-state index in [4.69, 9.17) is 5.11 Å². The molecule has 0 aromatic carbocycles. The summed E-state index contributed by atoms with van der Waals surface area (Å²) in [4.78, 5) is 27.5. The van der Waals surface area contributed by atoms with Crippen molar-refractivity contribution in [3.8, 4) is 0 Å². The van der Waals surface area contributed by atoms with E-state index in [-0.39, 0.29) is 6.03 Å². The number of nitrogens with zero attached hydrogens (tertiary/aromatic N) is 2. The number of nitrogens with one attached hydrogen (secondary N) is 1. The van der Waals surface area contributed by atoms with Gasteiger partial charge in [-0.1, -0.05) is 26.2 Å². The number of piperazine rings is 1. The number of hydrogen-bond acceptors (Lipinski definition) is 3. The van der Waals surface area contributed by atoms with Crippen molar-refractivity contribution in [3.05, 3.63) is 0 Å². The zero-order valence-corrected chi connectivity index (χ0v) is 12.9. The van der Waals surface area contributed by atoms with Gasteiger partial charge in [-0.25, -0.2) is 9.59 Å². The van der Waals surface area contributed by atoms with Crippen molar-refractivity contribution in [1.29, 1.82) is 0 Å². The highest BCUT2D eigenvalue weighted by Crippen LogP contribution is 2.24. The molecule has 1 heterocycles. The summed E-state index contributed by atoms with van der Waals surface area (Å²) in [5.41, 5.74) is 0. The van der Waals surface area contributed by atoms with Gasteiger partial charge in [0, 0.05) is 32.2 Å². The molecule has 21 heavy (non-hydrogen) atoms. The van der Waals surface area contributed by atoms with Gasteiger partial charge in [-0.3, -0.25) is 4.90 Å². The molecule has 1 atom stereocenters. The van der Waals surface area contributed by atoms with Crippen LogP contribution < -0.4 is 5.32 Å². The first-order valence-corrected chi connectivity index (χ1v) is 8.14. The molecule has 1 saturated carbocycles. The summed E-state index contributed by atoms with van der Waals surface area (Å²) >= 11 is 0. The molecule has 6 heteroatoms. The number of urea groups is 1. The van der Waals surface area contributed by atoms with Crippen LogP contribution in [-0.4, -0.2) is 65.2 Å². The third-order valence-corrected chi connectivity index (χ3v) is 4.62. The summed E-state index contributed by atoms with van der Waals surface area (Å²) in [7, 11) is 0.